The standard InChI is InChI=1S/C11H15ClOS/c1-2-14-8-10(13)7-9-5-3-4-6-11(9)12/h3-6,10,13H,2,7-8H2,1H3. The SMILES string of the molecule is CCSCC(O)Cc1ccccc1Cl. The monoisotopic (exact) mass is 230 g/mol. The Bertz CT molecular complexity index is 278. The van der Waals surface area contributed by atoms with Gasteiger partial charge in [0.2, 0.25) is 0 Å². The van der Waals surface area contributed by atoms with Crippen LogP contribution in [0.4, 0.5) is 0 Å². The van der Waals surface area contributed by atoms with Crippen LogP contribution in [0, 0.1) is 0 Å². The van der Waals surface area contributed by atoms with Crippen molar-refractivity contribution in [2.75, 3.05) is 11.5 Å². The molecule has 1 N–H and O–H groups in total. The van der Waals surface area contributed by atoms with Crippen molar-refractivity contribution in [2.45, 2.75) is 19.4 Å². The molecule has 0 aliphatic heterocycles. The fourth-order valence-electron chi connectivity index (χ4n) is 1.23. The highest BCUT2D eigenvalue weighted by Crippen LogP contribution is 2.17. The molecule has 1 atom stereocenters. The van der Waals surface area contributed by atoms with Crippen LogP contribution in [0.2, 0.25) is 5.02 Å². The van der Waals surface area contributed by atoms with Crippen molar-refractivity contribution in [1.29, 1.82) is 0 Å². The molecule has 1 rings (SSSR count). The number of halogens is 1. The van der Waals surface area contributed by atoms with Crippen LogP contribution < -0.4 is 0 Å². The third kappa shape index (κ3) is 3.91. The van der Waals surface area contributed by atoms with E-state index in [9.17, 15) is 5.11 Å². The van der Waals surface area contributed by atoms with Crippen LogP contribution >= 0.6 is 23.4 Å². The lowest BCUT2D eigenvalue weighted by Gasteiger charge is -2.10. The number of hydrogen-bond donors (Lipinski definition) is 1. The smallest absolute Gasteiger partial charge is 0.0671 e. The average molecular weight is 231 g/mol. The molecular weight excluding hydrogens is 216 g/mol. The lowest BCUT2D eigenvalue weighted by molar-refractivity contribution is 0.200. The van der Waals surface area contributed by atoms with Gasteiger partial charge < -0.3 is 5.11 Å². The largest absolute Gasteiger partial charge is 0.392 e. The molecule has 3 heteroatoms. The minimum atomic E-state index is -0.292. The highest BCUT2D eigenvalue weighted by Gasteiger charge is 2.07. The van der Waals surface area contributed by atoms with E-state index in [1.54, 1.807) is 11.8 Å². The van der Waals surface area contributed by atoms with Gasteiger partial charge in [-0.3, -0.25) is 0 Å². The third-order valence-corrected chi connectivity index (χ3v) is 3.33. The van der Waals surface area contributed by atoms with E-state index in [0.29, 0.717) is 6.42 Å². The van der Waals surface area contributed by atoms with Crippen LogP contribution in [-0.4, -0.2) is 22.7 Å². The van der Waals surface area contributed by atoms with E-state index in [-0.39, 0.29) is 6.10 Å². The second kappa shape index (κ2) is 6.33. The summed E-state index contributed by atoms with van der Waals surface area (Å²) in [6, 6.07) is 7.67. The number of aliphatic hydroxyl groups excluding tert-OH is 1. The molecule has 0 heterocycles. The molecule has 0 aromatic heterocycles. The molecule has 0 saturated carbocycles. The molecule has 0 saturated heterocycles. The van der Waals surface area contributed by atoms with Crippen molar-refractivity contribution < 1.29 is 5.11 Å². The molecule has 1 unspecified atom stereocenters. The first-order valence-electron chi connectivity index (χ1n) is 4.73. The predicted octanol–water partition coefficient (Wildman–Crippen LogP) is 3.00. The van der Waals surface area contributed by atoms with Gasteiger partial charge in [-0.05, 0) is 17.4 Å². The highest BCUT2D eigenvalue weighted by molar-refractivity contribution is 7.99. The maximum Gasteiger partial charge on any atom is 0.0671 e. The van der Waals surface area contributed by atoms with Crippen molar-refractivity contribution in [3.63, 3.8) is 0 Å². The second-order valence-corrected chi connectivity index (χ2v) is 4.83. The van der Waals surface area contributed by atoms with Gasteiger partial charge in [0.05, 0.1) is 6.10 Å². The molecule has 0 fully saturated rings. The van der Waals surface area contributed by atoms with Crippen molar-refractivity contribution in [2.24, 2.45) is 0 Å². The maximum atomic E-state index is 9.68. The van der Waals surface area contributed by atoms with Crippen molar-refractivity contribution in [1.82, 2.24) is 0 Å². The third-order valence-electron chi connectivity index (χ3n) is 1.93. The summed E-state index contributed by atoms with van der Waals surface area (Å²) >= 11 is 7.73. The van der Waals surface area contributed by atoms with Gasteiger partial charge in [-0.25, -0.2) is 0 Å². The van der Waals surface area contributed by atoms with Gasteiger partial charge in [0, 0.05) is 17.2 Å². The predicted molar refractivity (Wildman–Crippen MR) is 64.2 cm³/mol. The van der Waals surface area contributed by atoms with Crippen LogP contribution in [-0.2, 0) is 6.42 Å². The lowest BCUT2D eigenvalue weighted by atomic mass is 10.1. The van der Waals surface area contributed by atoms with Crippen LogP contribution in [0.5, 0.6) is 0 Å². The summed E-state index contributed by atoms with van der Waals surface area (Å²) in [5.74, 6) is 1.82. The number of thioether (sulfide) groups is 1. The van der Waals surface area contributed by atoms with Gasteiger partial charge in [0.15, 0.2) is 0 Å². The van der Waals surface area contributed by atoms with Crippen LogP contribution in [0.3, 0.4) is 0 Å². The van der Waals surface area contributed by atoms with Gasteiger partial charge in [0.25, 0.3) is 0 Å². The maximum absolute atomic E-state index is 9.68. The molecule has 78 valence electrons. The van der Waals surface area contributed by atoms with E-state index in [0.717, 1.165) is 22.1 Å². The summed E-state index contributed by atoms with van der Waals surface area (Å²) in [4.78, 5) is 0. The number of rotatable bonds is 5. The fraction of sp³-hybridized carbons (Fsp3) is 0.455. The Labute approximate surface area is 94.5 Å². The Morgan fingerprint density at radius 2 is 2.14 bits per heavy atom. The molecule has 1 aromatic rings. The molecule has 1 aromatic carbocycles. The summed E-state index contributed by atoms with van der Waals surface area (Å²) in [5, 5.41) is 10.4. The summed E-state index contributed by atoms with van der Waals surface area (Å²) in [5.41, 5.74) is 1.03. The molecule has 0 spiro atoms. The van der Waals surface area contributed by atoms with E-state index in [2.05, 4.69) is 6.92 Å². The first-order chi connectivity index (χ1) is 6.74. The molecule has 0 amide bonds. The Morgan fingerprint density at radius 3 is 2.79 bits per heavy atom. The van der Waals surface area contributed by atoms with Gasteiger partial charge in [-0.2, -0.15) is 11.8 Å². The molecule has 0 aliphatic rings. The van der Waals surface area contributed by atoms with Crippen LogP contribution in [0.25, 0.3) is 0 Å². The number of aliphatic hydroxyl groups is 1. The van der Waals surface area contributed by atoms with Crippen LogP contribution in [0.1, 0.15) is 12.5 Å². The first-order valence-corrected chi connectivity index (χ1v) is 6.26. The second-order valence-electron chi connectivity index (χ2n) is 3.11. The Hall–Kier alpha value is -0.180. The van der Waals surface area contributed by atoms with E-state index in [1.807, 2.05) is 24.3 Å². The molecule has 0 aliphatic carbocycles. The van der Waals surface area contributed by atoms with Gasteiger partial charge in [0.1, 0.15) is 0 Å². The quantitative estimate of drug-likeness (QED) is 0.839. The number of hydrogen-bond acceptors (Lipinski definition) is 2. The summed E-state index contributed by atoms with van der Waals surface area (Å²) in [6.07, 6.45) is 0.354. The van der Waals surface area contributed by atoms with Gasteiger partial charge in [-0.1, -0.05) is 36.7 Å². The molecule has 1 nitrogen and oxygen atoms in total. The zero-order valence-electron chi connectivity index (χ0n) is 8.24. The van der Waals surface area contributed by atoms with Crippen LogP contribution in [0.15, 0.2) is 24.3 Å². The van der Waals surface area contributed by atoms with Gasteiger partial charge in [-0.15, -0.1) is 0 Å². The Morgan fingerprint density at radius 1 is 1.43 bits per heavy atom. The topological polar surface area (TPSA) is 20.2 Å². The average Bonchev–Trinajstić information content (AvgIpc) is 2.18. The lowest BCUT2D eigenvalue weighted by Crippen LogP contribution is -2.13. The first kappa shape index (κ1) is 11.9. The van der Waals surface area contributed by atoms with E-state index < -0.39 is 0 Å². The highest BCUT2D eigenvalue weighted by atomic mass is 35.5. The van der Waals surface area contributed by atoms with Crippen molar-refractivity contribution in [3.8, 4) is 0 Å². The Kier molecular flexibility index (Phi) is 5.38. The zero-order valence-corrected chi connectivity index (χ0v) is 9.81. The minimum absolute atomic E-state index is 0.292. The molecule has 0 bridgehead atoms. The molecule has 0 radical (unpaired) electrons. The van der Waals surface area contributed by atoms with E-state index in [4.69, 9.17) is 11.6 Å². The fourth-order valence-corrected chi connectivity index (χ4v) is 2.07. The normalized spacial score (nSPS) is 12.8. The minimum Gasteiger partial charge on any atom is -0.392 e. The molecule has 14 heavy (non-hydrogen) atoms. The molecular formula is C11H15ClOS. The summed E-state index contributed by atoms with van der Waals surface area (Å²) in [7, 11) is 0. The van der Waals surface area contributed by atoms with E-state index in [1.165, 1.54) is 0 Å². The van der Waals surface area contributed by atoms with E-state index >= 15 is 0 Å². The zero-order chi connectivity index (χ0) is 10.4. The van der Waals surface area contributed by atoms with Gasteiger partial charge >= 0.3 is 0 Å². The number of benzene rings is 1. The summed E-state index contributed by atoms with van der Waals surface area (Å²) < 4.78 is 0. The Balaban J connectivity index is 2.47. The van der Waals surface area contributed by atoms with Crippen molar-refractivity contribution in [3.05, 3.63) is 34.9 Å². The van der Waals surface area contributed by atoms with Crippen molar-refractivity contribution >= 4 is 23.4 Å². The summed E-state index contributed by atoms with van der Waals surface area (Å²) in [6.45, 7) is 2.09.